The van der Waals surface area contributed by atoms with Crippen LogP contribution in [0.3, 0.4) is 0 Å². The summed E-state index contributed by atoms with van der Waals surface area (Å²) in [7, 11) is 0. The molecule has 9 aromatic carbocycles. The van der Waals surface area contributed by atoms with E-state index in [2.05, 4.69) is 231 Å². The largest absolute Gasteiger partial charge is 0.0751 e. The van der Waals surface area contributed by atoms with E-state index in [0.717, 1.165) is 12.8 Å². The topological polar surface area (TPSA) is 0 Å². The third-order valence-corrected chi connectivity index (χ3v) is 13.1. The van der Waals surface area contributed by atoms with Gasteiger partial charge in [-0.3, -0.25) is 0 Å². The summed E-state index contributed by atoms with van der Waals surface area (Å²) in [5.41, 5.74) is 18.2. The second-order valence-electron chi connectivity index (χ2n) is 16.4. The van der Waals surface area contributed by atoms with Gasteiger partial charge in [-0.25, -0.2) is 0 Å². The minimum atomic E-state index is -0.497. The summed E-state index contributed by atoms with van der Waals surface area (Å²) in [5, 5.41) is 2.53. The van der Waals surface area contributed by atoms with Gasteiger partial charge in [-0.15, -0.1) is 0 Å². The van der Waals surface area contributed by atoms with Crippen LogP contribution in [-0.4, -0.2) is 0 Å². The molecule has 9 aromatic rings. The molecule has 1 atom stereocenters. The maximum Gasteiger partial charge on any atom is 0.0415 e. The van der Waals surface area contributed by atoms with Crippen molar-refractivity contribution in [1.82, 2.24) is 0 Å². The average molecular weight is 753 g/mol. The van der Waals surface area contributed by atoms with Crippen molar-refractivity contribution in [3.63, 3.8) is 0 Å². The maximum absolute atomic E-state index is 2.55. The molecule has 2 aliphatic carbocycles. The maximum atomic E-state index is 2.55. The molecular weight excluding hydrogens is 709 g/mol. The molecule has 0 amide bonds. The van der Waals surface area contributed by atoms with Crippen LogP contribution >= 0.6 is 0 Å². The van der Waals surface area contributed by atoms with Gasteiger partial charge in [0.25, 0.3) is 0 Å². The molecule has 0 spiro atoms. The van der Waals surface area contributed by atoms with E-state index in [1.165, 1.54) is 88.7 Å². The van der Waals surface area contributed by atoms with Gasteiger partial charge in [-0.05, 0) is 114 Å². The van der Waals surface area contributed by atoms with E-state index in [4.69, 9.17) is 0 Å². The van der Waals surface area contributed by atoms with E-state index < -0.39 is 5.41 Å². The molecule has 11 rings (SSSR count). The van der Waals surface area contributed by atoms with Gasteiger partial charge < -0.3 is 0 Å². The van der Waals surface area contributed by atoms with Gasteiger partial charge in [-0.1, -0.05) is 218 Å². The smallest absolute Gasteiger partial charge is 0.0415 e. The van der Waals surface area contributed by atoms with Crippen molar-refractivity contribution in [2.75, 3.05) is 0 Å². The van der Waals surface area contributed by atoms with Crippen molar-refractivity contribution in [2.24, 2.45) is 0 Å². The van der Waals surface area contributed by atoms with Gasteiger partial charge in [0.1, 0.15) is 0 Å². The van der Waals surface area contributed by atoms with E-state index in [1.54, 1.807) is 0 Å². The number of hydrogen-bond acceptors (Lipinski definition) is 0. The van der Waals surface area contributed by atoms with Crippen LogP contribution in [0.2, 0.25) is 0 Å². The molecule has 0 saturated carbocycles. The molecule has 59 heavy (non-hydrogen) atoms. The average Bonchev–Trinajstić information content (AvgIpc) is 3.87. The summed E-state index contributed by atoms with van der Waals surface area (Å²) >= 11 is 0. The van der Waals surface area contributed by atoms with Crippen molar-refractivity contribution in [1.29, 1.82) is 0 Å². The Morgan fingerprint density at radius 1 is 0.356 bits per heavy atom. The predicted molar refractivity (Wildman–Crippen MR) is 247 cm³/mol. The fraction of sp³-hybridized carbons (Fsp3) is 0.0847. The van der Waals surface area contributed by atoms with Crippen LogP contribution in [0.5, 0.6) is 0 Å². The SMILES string of the molecule is C1=CC(C(c2ccccc2)(c2ccccc2)C2c3cc(Cc4ccccc4)ccc3-c3ccc(Cc4ccccc4)cc32)c2cc(-c3ccc4ccccc4c3)ccc21. The zero-order chi connectivity index (χ0) is 39.2. The Labute approximate surface area is 347 Å². The van der Waals surface area contributed by atoms with Gasteiger partial charge in [0.05, 0.1) is 0 Å². The van der Waals surface area contributed by atoms with E-state index in [1.807, 2.05) is 0 Å². The van der Waals surface area contributed by atoms with Gasteiger partial charge >= 0.3 is 0 Å². The van der Waals surface area contributed by atoms with E-state index in [-0.39, 0.29) is 11.8 Å². The summed E-state index contributed by atoms with van der Waals surface area (Å²) in [5.74, 6) is 0.0655. The van der Waals surface area contributed by atoms with Crippen molar-refractivity contribution in [2.45, 2.75) is 30.1 Å². The molecule has 0 radical (unpaired) electrons. The van der Waals surface area contributed by atoms with Crippen LogP contribution < -0.4 is 0 Å². The summed E-state index contributed by atoms with van der Waals surface area (Å²) in [6.45, 7) is 0. The van der Waals surface area contributed by atoms with Crippen LogP contribution in [0.1, 0.15) is 67.5 Å². The molecule has 0 heterocycles. The van der Waals surface area contributed by atoms with Crippen LogP contribution in [0.15, 0.2) is 224 Å². The number of rotatable bonds is 9. The highest BCUT2D eigenvalue weighted by atomic mass is 14.5. The van der Waals surface area contributed by atoms with Gasteiger partial charge in [0.2, 0.25) is 0 Å². The van der Waals surface area contributed by atoms with E-state index >= 15 is 0 Å². The lowest BCUT2D eigenvalue weighted by Gasteiger charge is -2.46. The Balaban J connectivity index is 1.17. The Morgan fingerprint density at radius 2 is 0.847 bits per heavy atom. The number of allylic oxidation sites excluding steroid dienone is 1. The lowest BCUT2D eigenvalue weighted by atomic mass is 9.55. The zero-order valence-electron chi connectivity index (χ0n) is 33.0. The molecule has 0 fully saturated rings. The van der Waals surface area contributed by atoms with Crippen LogP contribution in [0.25, 0.3) is 39.1 Å². The monoisotopic (exact) mass is 752 g/mol. The first-order valence-corrected chi connectivity index (χ1v) is 21.0. The van der Waals surface area contributed by atoms with Gasteiger partial charge in [0.15, 0.2) is 0 Å². The molecule has 0 heteroatoms. The van der Waals surface area contributed by atoms with Crippen molar-refractivity contribution < 1.29 is 0 Å². The minimum absolute atomic E-state index is 0.0219. The highest BCUT2D eigenvalue weighted by Gasteiger charge is 2.53. The molecular formula is C59H44. The molecule has 0 bridgehead atoms. The standard InChI is InChI=1S/C59H44/c1-5-15-41(16-6-1)35-43-25-32-52-53-33-26-44(36-42-17-7-2-8-18-42)38-56(53)58(55(52)37-43)59(50-21-9-3-10-22-50,51-23-11-4-12-24-51)57-34-31-46-28-30-49(40-54(46)57)48-29-27-45-19-13-14-20-47(45)39-48/h1-34,37-40,57-58H,35-36H2. The second-order valence-corrected chi connectivity index (χ2v) is 16.4. The highest BCUT2D eigenvalue weighted by molar-refractivity contribution is 5.88. The highest BCUT2D eigenvalue weighted by Crippen LogP contribution is 2.63. The number of fused-ring (bicyclic) bond motifs is 5. The predicted octanol–water partition coefficient (Wildman–Crippen LogP) is 14.6. The third kappa shape index (κ3) is 6.15. The summed E-state index contributed by atoms with van der Waals surface area (Å²) in [6, 6.07) is 82.1. The van der Waals surface area contributed by atoms with Gasteiger partial charge in [-0.2, -0.15) is 0 Å². The van der Waals surface area contributed by atoms with Crippen LogP contribution in [-0.2, 0) is 18.3 Å². The first-order chi connectivity index (χ1) is 29.2. The van der Waals surface area contributed by atoms with Gasteiger partial charge in [0, 0.05) is 17.3 Å². The lowest BCUT2D eigenvalue weighted by molar-refractivity contribution is 0.416. The summed E-state index contributed by atoms with van der Waals surface area (Å²) in [6.07, 6.45) is 6.69. The summed E-state index contributed by atoms with van der Waals surface area (Å²) < 4.78 is 0. The summed E-state index contributed by atoms with van der Waals surface area (Å²) in [4.78, 5) is 0. The fourth-order valence-corrected chi connectivity index (χ4v) is 10.4. The molecule has 1 unspecified atom stereocenters. The lowest BCUT2D eigenvalue weighted by Crippen LogP contribution is -2.40. The van der Waals surface area contributed by atoms with Crippen molar-refractivity contribution in [3.8, 4) is 22.3 Å². The van der Waals surface area contributed by atoms with E-state index in [0.29, 0.717) is 0 Å². The Morgan fingerprint density at radius 3 is 1.42 bits per heavy atom. The van der Waals surface area contributed by atoms with Crippen molar-refractivity contribution >= 4 is 16.8 Å². The molecule has 0 N–H and O–H groups in total. The Kier molecular flexibility index (Phi) is 8.78. The Bertz CT molecular complexity index is 2850. The van der Waals surface area contributed by atoms with Crippen LogP contribution in [0, 0.1) is 0 Å². The van der Waals surface area contributed by atoms with Crippen molar-refractivity contribution in [3.05, 3.63) is 280 Å². The Hall–Kier alpha value is -7.02. The molecule has 2 aliphatic rings. The van der Waals surface area contributed by atoms with E-state index in [9.17, 15) is 0 Å². The molecule has 280 valence electrons. The first kappa shape index (κ1) is 35.2. The molecule has 0 saturated heterocycles. The molecule has 0 aliphatic heterocycles. The third-order valence-electron chi connectivity index (χ3n) is 13.1. The van der Waals surface area contributed by atoms with Crippen LogP contribution in [0.4, 0.5) is 0 Å². The zero-order valence-corrected chi connectivity index (χ0v) is 33.0. The normalized spacial score (nSPS) is 14.3. The number of benzene rings is 9. The number of hydrogen-bond donors (Lipinski definition) is 0. The molecule has 0 nitrogen and oxygen atoms in total. The fourth-order valence-electron chi connectivity index (χ4n) is 10.4. The molecule has 0 aromatic heterocycles. The second kappa shape index (κ2) is 14.7. The quantitative estimate of drug-likeness (QED) is 0.138. The first-order valence-electron chi connectivity index (χ1n) is 21.0. The minimum Gasteiger partial charge on any atom is -0.0751 e.